The Morgan fingerprint density at radius 3 is 2.42 bits per heavy atom. The van der Waals surface area contributed by atoms with E-state index in [1.54, 1.807) is 0 Å². The number of aryl methyl sites for hydroxylation is 1. The van der Waals surface area contributed by atoms with E-state index in [9.17, 15) is 0 Å². The number of hydrogen-bond acceptors (Lipinski definition) is 3. The summed E-state index contributed by atoms with van der Waals surface area (Å²) in [7, 11) is 0. The molecule has 0 aromatic heterocycles. The average Bonchev–Trinajstić information content (AvgIpc) is 2.64. The summed E-state index contributed by atoms with van der Waals surface area (Å²) in [5.41, 5.74) is 3.57. The smallest absolute Gasteiger partial charge is 0.173 e. The fourth-order valence-electron chi connectivity index (χ4n) is 3.27. The minimum Gasteiger partial charge on any atom is -0.494 e. The molecule has 0 radical (unpaired) electrons. The Morgan fingerprint density at radius 1 is 1.12 bits per heavy atom. The highest BCUT2D eigenvalue weighted by atomic mass is 32.1. The van der Waals surface area contributed by atoms with Gasteiger partial charge in [-0.05, 0) is 69.4 Å². The van der Waals surface area contributed by atoms with E-state index in [4.69, 9.17) is 17.0 Å². The van der Waals surface area contributed by atoms with Gasteiger partial charge in [0.15, 0.2) is 5.11 Å². The van der Waals surface area contributed by atoms with Crippen LogP contribution in [0.25, 0.3) is 0 Å². The lowest BCUT2D eigenvalue weighted by Crippen LogP contribution is -2.54. The molecule has 2 aromatic carbocycles. The lowest BCUT2D eigenvalue weighted by Gasteiger charge is -2.42. The van der Waals surface area contributed by atoms with Crippen molar-refractivity contribution in [1.29, 1.82) is 0 Å². The van der Waals surface area contributed by atoms with E-state index in [2.05, 4.69) is 53.2 Å². The van der Waals surface area contributed by atoms with Crippen molar-refractivity contribution in [2.45, 2.75) is 26.8 Å². The Balaban J connectivity index is 1.57. The van der Waals surface area contributed by atoms with E-state index in [1.807, 2.05) is 31.2 Å². The maximum atomic E-state index is 5.63. The zero-order valence-electron chi connectivity index (χ0n) is 15.7. The van der Waals surface area contributed by atoms with Gasteiger partial charge in [-0.2, -0.15) is 0 Å². The predicted molar refractivity (Wildman–Crippen MR) is 113 cm³/mol. The van der Waals surface area contributed by atoms with Crippen LogP contribution in [0.2, 0.25) is 0 Å². The molecule has 0 spiro atoms. The van der Waals surface area contributed by atoms with Crippen molar-refractivity contribution in [3.8, 4) is 5.75 Å². The Kier molecular flexibility index (Phi) is 5.99. The fraction of sp³-hybridized carbons (Fsp3) is 0.381. The van der Waals surface area contributed by atoms with Gasteiger partial charge in [-0.3, -0.25) is 0 Å². The first-order valence-electron chi connectivity index (χ1n) is 9.19. The molecular formula is C21H27N3OS. The van der Waals surface area contributed by atoms with Crippen LogP contribution in [0.5, 0.6) is 5.75 Å². The van der Waals surface area contributed by atoms with Gasteiger partial charge in [-0.1, -0.05) is 17.7 Å². The van der Waals surface area contributed by atoms with Crippen LogP contribution >= 0.6 is 12.2 Å². The van der Waals surface area contributed by atoms with E-state index in [1.165, 1.54) is 11.3 Å². The molecule has 0 saturated carbocycles. The summed E-state index contributed by atoms with van der Waals surface area (Å²) in [5, 5.41) is 4.13. The van der Waals surface area contributed by atoms with E-state index >= 15 is 0 Å². The lowest BCUT2D eigenvalue weighted by atomic mass is 10.1. The van der Waals surface area contributed by atoms with Crippen LogP contribution in [0.4, 0.5) is 11.4 Å². The van der Waals surface area contributed by atoms with Crippen molar-refractivity contribution < 1.29 is 4.74 Å². The Bertz CT molecular complexity index is 730. The van der Waals surface area contributed by atoms with E-state index in [-0.39, 0.29) is 0 Å². The zero-order valence-corrected chi connectivity index (χ0v) is 16.6. The third-order valence-electron chi connectivity index (χ3n) is 4.70. The molecular weight excluding hydrogens is 342 g/mol. The molecule has 3 rings (SSSR count). The monoisotopic (exact) mass is 369 g/mol. The summed E-state index contributed by atoms with van der Waals surface area (Å²) in [6.45, 7) is 9.84. The summed E-state index contributed by atoms with van der Waals surface area (Å²) in [4.78, 5) is 4.70. The minimum absolute atomic E-state index is 0.409. The van der Waals surface area contributed by atoms with E-state index < -0.39 is 0 Å². The van der Waals surface area contributed by atoms with Crippen molar-refractivity contribution >= 4 is 28.7 Å². The van der Waals surface area contributed by atoms with Crippen LogP contribution < -0.4 is 15.0 Å². The van der Waals surface area contributed by atoms with Gasteiger partial charge < -0.3 is 19.9 Å². The standard InChI is InChI=1S/C21H27N3OS/c1-4-25-20-11-7-18(8-12-20)22-21(26)23-13-14-24(17(3)15-23)19-9-5-16(2)6-10-19/h5-12,17H,4,13-15H2,1-3H3,(H,22,26). The molecule has 2 aromatic rings. The van der Waals surface area contributed by atoms with Crippen molar-refractivity contribution in [3.05, 3.63) is 54.1 Å². The number of hydrogen-bond donors (Lipinski definition) is 1. The molecule has 1 heterocycles. The summed E-state index contributed by atoms with van der Waals surface area (Å²) in [5.74, 6) is 0.879. The number of nitrogens with zero attached hydrogens (tertiary/aromatic N) is 2. The molecule has 1 N–H and O–H groups in total. The van der Waals surface area contributed by atoms with Gasteiger partial charge >= 0.3 is 0 Å². The van der Waals surface area contributed by atoms with Gasteiger partial charge in [0.25, 0.3) is 0 Å². The number of benzene rings is 2. The zero-order chi connectivity index (χ0) is 18.5. The predicted octanol–water partition coefficient (Wildman–Crippen LogP) is 4.30. The summed E-state index contributed by atoms with van der Waals surface area (Å²) >= 11 is 5.63. The quantitative estimate of drug-likeness (QED) is 0.811. The number of piperazine rings is 1. The maximum absolute atomic E-state index is 5.63. The second-order valence-corrected chi connectivity index (χ2v) is 7.10. The molecule has 1 aliphatic heterocycles. The van der Waals surface area contributed by atoms with E-state index in [0.717, 1.165) is 36.2 Å². The molecule has 138 valence electrons. The Morgan fingerprint density at radius 2 is 1.81 bits per heavy atom. The van der Waals surface area contributed by atoms with Gasteiger partial charge in [0, 0.05) is 37.1 Å². The molecule has 0 aliphatic carbocycles. The van der Waals surface area contributed by atoms with Crippen molar-refractivity contribution in [3.63, 3.8) is 0 Å². The average molecular weight is 370 g/mol. The number of rotatable bonds is 4. The topological polar surface area (TPSA) is 27.7 Å². The molecule has 5 heteroatoms. The van der Waals surface area contributed by atoms with Crippen molar-refractivity contribution in [2.24, 2.45) is 0 Å². The molecule has 0 bridgehead atoms. The lowest BCUT2D eigenvalue weighted by molar-refractivity contribution is 0.340. The fourth-order valence-corrected chi connectivity index (χ4v) is 3.55. The Labute approximate surface area is 161 Å². The van der Waals surface area contributed by atoms with Crippen molar-refractivity contribution in [2.75, 3.05) is 36.5 Å². The van der Waals surface area contributed by atoms with Gasteiger partial charge in [0.1, 0.15) is 5.75 Å². The number of nitrogens with one attached hydrogen (secondary N) is 1. The van der Waals surface area contributed by atoms with Gasteiger partial charge in [0.05, 0.1) is 6.61 Å². The van der Waals surface area contributed by atoms with Gasteiger partial charge in [-0.25, -0.2) is 0 Å². The second-order valence-electron chi connectivity index (χ2n) is 6.71. The SMILES string of the molecule is CCOc1ccc(NC(=S)N2CCN(c3ccc(C)cc3)C(C)C2)cc1. The van der Waals surface area contributed by atoms with Crippen LogP contribution in [-0.4, -0.2) is 42.3 Å². The normalized spacial score (nSPS) is 17.1. The largest absolute Gasteiger partial charge is 0.494 e. The third kappa shape index (κ3) is 4.47. The molecule has 1 atom stereocenters. The van der Waals surface area contributed by atoms with Crippen LogP contribution in [0.15, 0.2) is 48.5 Å². The molecule has 26 heavy (non-hydrogen) atoms. The highest BCUT2D eigenvalue weighted by Crippen LogP contribution is 2.22. The summed E-state index contributed by atoms with van der Waals surface area (Å²) in [6.07, 6.45) is 0. The third-order valence-corrected chi connectivity index (χ3v) is 5.06. The van der Waals surface area contributed by atoms with Gasteiger partial charge in [-0.15, -0.1) is 0 Å². The van der Waals surface area contributed by atoms with Crippen LogP contribution in [0.3, 0.4) is 0 Å². The molecule has 1 unspecified atom stereocenters. The summed E-state index contributed by atoms with van der Waals surface area (Å²) in [6, 6.07) is 17.1. The van der Waals surface area contributed by atoms with Crippen LogP contribution in [0, 0.1) is 6.92 Å². The van der Waals surface area contributed by atoms with Crippen LogP contribution in [0.1, 0.15) is 19.4 Å². The summed E-state index contributed by atoms with van der Waals surface area (Å²) < 4.78 is 5.48. The molecule has 4 nitrogen and oxygen atoms in total. The first-order valence-corrected chi connectivity index (χ1v) is 9.59. The highest BCUT2D eigenvalue weighted by molar-refractivity contribution is 7.80. The first kappa shape index (κ1) is 18.5. The van der Waals surface area contributed by atoms with Gasteiger partial charge in [0.2, 0.25) is 0 Å². The number of thiocarbonyl (C=S) groups is 1. The van der Waals surface area contributed by atoms with Crippen LogP contribution in [-0.2, 0) is 0 Å². The Hall–Kier alpha value is -2.27. The first-order chi connectivity index (χ1) is 12.6. The maximum Gasteiger partial charge on any atom is 0.173 e. The molecule has 1 saturated heterocycles. The van der Waals surface area contributed by atoms with Crippen molar-refractivity contribution in [1.82, 2.24) is 4.90 Å². The molecule has 0 amide bonds. The number of ether oxygens (including phenoxy) is 1. The molecule has 1 aliphatic rings. The second kappa shape index (κ2) is 8.41. The van der Waals surface area contributed by atoms with E-state index in [0.29, 0.717) is 12.6 Å². The highest BCUT2D eigenvalue weighted by Gasteiger charge is 2.25. The number of anilines is 2. The molecule has 1 fully saturated rings. The minimum atomic E-state index is 0.409.